The molecule has 0 aromatic rings. The first-order valence-electron chi connectivity index (χ1n) is 10.5. The first-order chi connectivity index (χ1) is 15.5. The van der Waals surface area contributed by atoms with Crippen molar-refractivity contribution in [2.24, 2.45) is 22.9 Å². The zero-order valence-electron chi connectivity index (χ0n) is 17.6. The molecule has 3 aliphatic rings. The van der Waals surface area contributed by atoms with Crippen LogP contribution in [0.2, 0.25) is 0 Å². The molecular formula is C18H34N4O11. The van der Waals surface area contributed by atoms with Gasteiger partial charge in [-0.05, 0) is 0 Å². The van der Waals surface area contributed by atoms with Crippen LogP contribution in [0.25, 0.3) is 0 Å². The molecule has 2 fully saturated rings. The molecule has 14 unspecified atom stereocenters. The summed E-state index contributed by atoms with van der Waals surface area (Å²) in [5.74, 6) is -0.288. The molecule has 0 amide bonds. The van der Waals surface area contributed by atoms with Crippen molar-refractivity contribution in [3.63, 3.8) is 0 Å². The molecule has 0 bridgehead atoms. The van der Waals surface area contributed by atoms with Gasteiger partial charge in [-0.1, -0.05) is 0 Å². The van der Waals surface area contributed by atoms with Gasteiger partial charge in [0.25, 0.3) is 5.95 Å². The van der Waals surface area contributed by atoms with Gasteiger partial charge in [-0.3, -0.25) is 0 Å². The van der Waals surface area contributed by atoms with Crippen molar-refractivity contribution in [1.82, 2.24) is 0 Å². The van der Waals surface area contributed by atoms with Crippen LogP contribution >= 0.6 is 0 Å². The fourth-order valence-electron chi connectivity index (χ4n) is 4.10. The summed E-state index contributed by atoms with van der Waals surface area (Å²) in [4.78, 5) is 0. The predicted octanol–water partition coefficient (Wildman–Crippen LogP) is -7.17. The summed E-state index contributed by atoms with van der Waals surface area (Å²) >= 11 is 0. The van der Waals surface area contributed by atoms with Gasteiger partial charge in [0.05, 0.1) is 30.8 Å². The Labute approximate surface area is 189 Å². The van der Waals surface area contributed by atoms with E-state index >= 15 is 0 Å². The Bertz CT molecular complexity index is 688. The Morgan fingerprint density at radius 1 is 0.788 bits per heavy atom. The van der Waals surface area contributed by atoms with Gasteiger partial charge in [0.2, 0.25) is 0 Å². The lowest BCUT2D eigenvalue weighted by atomic mass is 9.82. The topological polar surface area (TPSA) is 283 Å². The minimum atomic E-state index is -1.60. The van der Waals surface area contributed by atoms with Crippen LogP contribution in [0.1, 0.15) is 0 Å². The molecule has 192 valence electrons. The van der Waals surface area contributed by atoms with Gasteiger partial charge < -0.3 is 77.6 Å². The van der Waals surface area contributed by atoms with Crippen LogP contribution in [0, 0.1) is 0 Å². The summed E-state index contributed by atoms with van der Waals surface area (Å²) in [5.41, 5.74) is 23.3. The number of aliphatic hydroxyl groups is 7. The maximum absolute atomic E-state index is 10.9. The third-order valence-electron chi connectivity index (χ3n) is 6.24. The number of ether oxygens (including phenoxy) is 4. The Balaban J connectivity index is 1.77. The zero-order valence-corrected chi connectivity index (χ0v) is 17.6. The zero-order chi connectivity index (χ0) is 24.6. The second-order valence-corrected chi connectivity index (χ2v) is 8.46. The monoisotopic (exact) mass is 482 g/mol. The summed E-state index contributed by atoms with van der Waals surface area (Å²) in [6.07, 6.45) is -14.1. The second kappa shape index (κ2) is 10.6. The number of nitrogens with two attached hydrogens (primary N) is 4. The Morgan fingerprint density at radius 3 is 2.03 bits per heavy atom. The molecule has 0 aromatic carbocycles. The van der Waals surface area contributed by atoms with Crippen molar-refractivity contribution in [2.45, 2.75) is 85.5 Å². The third-order valence-corrected chi connectivity index (χ3v) is 6.24. The fourth-order valence-corrected chi connectivity index (χ4v) is 4.10. The van der Waals surface area contributed by atoms with Crippen molar-refractivity contribution in [2.75, 3.05) is 13.2 Å². The lowest BCUT2D eigenvalue weighted by Gasteiger charge is -2.48. The van der Waals surface area contributed by atoms with E-state index in [4.69, 9.17) is 41.9 Å². The normalized spacial score (nSPS) is 50.9. The number of hydrogen-bond donors (Lipinski definition) is 11. The summed E-state index contributed by atoms with van der Waals surface area (Å²) in [5, 5.41) is 71.0. The van der Waals surface area contributed by atoms with Crippen molar-refractivity contribution in [3.05, 3.63) is 12.0 Å². The fraction of sp³-hybridized carbons (Fsp3) is 0.889. The van der Waals surface area contributed by atoms with Crippen molar-refractivity contribution >= 4 is 0 Å². The van der Waals surface area contributed by atoms with E-state index < -0.39 is 92.1 Å². The molecule has 14 atom stereocenters. The molecule has 15 N–H and O–H groups in total. The van der Waals surface area contributed by atoms with E-state index in [0.717, 1.165) is 6.08 Å². The van der Waals surface area contributed by atoms with Crippen molar-refractivity contribution in [1.29, 1.82) is 0 Å². The Morgan fingerprint density at radius 2 is 1.42 bits per heavy atom. The third kappa shape index (κ3) is 5.10. The molecule has 1 aliphatic carbocycles. The van der Waals surface area contributed by atoms with E-state index in [-0.39, 0.29) is 12.5 Å². The van der Waals surface area contributed by atoms with Gasteiger partial charge in [-0.25, -0.2) is 0 Å². The second-order valence-electron chi connectivity index (χ2n) is 8.46. The van der Waals surface area contributed by atoms with Crippen LogP contribution < -0.4 is 22.9 Å². The average molecular weight is 482 g/mol. The number of aliphatic hydroxyl groups excluding tert-OH is 7. The van der Waals surface area contributed by atoms with E-state index in [9.17, 15) is 35.7 Å². The molecule has 15 heteroatoms. The summed E-state index contributed by atoms with van der Waals surface area (Å²) < 4.78 is 21.9. The Hall–Kier alpha value is -1.18. The highest BCUT2D eigenvalue weighted by Gasteiger charge is 2.53. The molecule has 15 nitrogen and oxygen atoms in total. The molecule has 0 spiro atoms. The standard InChI is InChI=1S/C18H34N4O11/c19-2-5-11(25)4(24)1-7(30-5)32-16-9(21)13(27)10(22)17(15(16)29)33-18-14(28)8(20)12(26)6(3-23)31-18/h1,4-6,8-18,23-29H,2-3,19-22H2. The highest BCUT2D eigenvalue weighted by molar-refractivity contribution is 5.08. The van der Waals surface area contributed by atoms with Gasteiger partial charge in [0, 0.05) is 12.6 Å². The predicted molar refractivity (Wildman–Crippen MR) is 107 cm³/mol. The SMILES string of the molecule is NCC1OC(OC2C(N)C(O)C(N)C(OC3OC(CO)C(O)C(N)C3O)C2O)=CC(O)C1O. The smallest absolute Gasteiger partial charge is 0.278 e. The molecular weight excluding hydrogens is 448 g/mol. The van der Waals surface area contributed by atoms with Gasteiger partial charge in [-0.2, -0.15) is 0 Å². The highest BCUT2D eigenvalue weighted by atomic mass is 16.7. The highest BCUT2D eigenvalue weighted by Crippen LogP contribution is 2.31. The van der Waals surface area contributed by atoms with Crippen LogP contribution in [0.15, 0.2) is 12.0 Å². The van der Waals surface area contributed by atoms with Gasteiger partial charge >= 0.3 is 0 Å². The molecule has 33 heavy (non-hydrogen) atoms. The molecule has 3 rings (SSSR count). The van der Waals surface area contributed by atoms with Gasteiger partial charge in [0.1, 0.15) is 54.9 Å². The molecule has 0 aromatic heterocycles. The van der Waals surface area contributed by atoms with Crippen molar-refractivity contribution in [3.8, 4) is 0 Å². The molecule has 1 saturated heterocycles. The van der Waals surface area contributed by atoms with Crippen LogP contribution in [0.5, 0.6) is 0 Å². The van der Waals surface area contributed by atoms with E-state index in [1.54, 1.807) is 0 Å². The Kier molecular flexibility index (Phi) is 8.50. The first kappa shape index (κ1) is 26.4. The number of rotatable bonds is 6. The molecule has 2 heterocycles. The summed E-state index contributed by atoms with van der Waals surface area (Å²) in [7, 11) is 0. The number of hydrogen-bond acceptors (Lipinski definition) is 15. The van der Waals surface area contributed by atoms with Crippen LogP contribution in [0.4, 0.5) is 0 Å². The van der Waals surface area contributed by atoms with Gasteiger partial charge in [-0.15, -0.1) is 0 Å². The van der Waals surface area contributed by atoms with E-state index in [1.165, 1.54) is 0 Å². The quantitative estimate of drug-likeness (QED) is 0.168. The summed E-state index contributed by atoms with van der Waals surface area (Å²) in [6.45, 7) is -0.769. The van der Waals surface area contributed by atoms with Crippen molar-refractivity contribution < 1.29 is 54.7 Å². The minimum absolute atomic E-state index is 0.146. The lowest BCUT2D eigenvalue weighted by molar-refractivity contribution is -0.309. The average Bonchev–Trinajstić information content (AvgIpc) is 2.80. The summed E-state index contributed by atoms with van der Waals surface area (Å²) in [6, 6.07) is -3.73. The van der Waals surface area contributed by atoms with Crippen LogP contribution in [-0.4, -0.2) is 134 Å². The molecule has 0 radical (unpaired) electrons. The first-order valence-corrected chi connectivity index (χ1v) is 10.5. The molecule has 2 aliphatic heterocycles. The van der Waals surface area contributed by atoms with E-state index in [2.05, 4.69) is 0 Å². The maximum Gasteiger partial charge on any atom is 0.278 e. The molecule has 1 saturated carbocycles. The van der Waals surface area contributed by atoms with Gasteiger partial charge in [0.15, 0.2) is 6.29 Å². The lowest BCUT2D eigenvalue weighted by Crippen LogP contribution is -2.72. The largest absolute Gasteiger partial charge is 0.458 e. The maximum atomic E-state index is 10.9. The van der Waals surface area contributed by atoms with Crippen LogP contribution in [0.3, 0.4) is 0 Å². The van der Waals surface area contributed by atoms with E-state index in [1.807, 2.05) is 0 Å². The minimum Gasteiger partial charge on any atom is -0.458 e. The van der Waals surface area contributed by atoms with Crippen LogP contribution in [-0.2, 0) is 18.9 Å². The van der Waals surface area contributed by atoms with E-state index in [0.29, 0.717) is 0 Å².